The van der Waals surface area contributed by atoms with Gasteiger partial charge in [0, 0.05) is 25.7 Å². The Morgan fingerprint density at radius 3 is 1.96 bits per heavy atom. The van der Waals surface area contributed by atoms with Crippen molar-refractivity contribution in [2.24, 2.45) is 11.8 Å². The summed E-state index contributed by atoms with van der Waals surface area (Å²) in [5, 5.41) is 0. The zero-order chi connectivity index (χ0) is 33.1. The minimum atomic E-state index is -0.295. The molecule has 47 heavy (non-hydrogen) atoms. The van der Waals surface area contributed by atoms with E-state index >= 15 is 0 Å². The number of hydrogen-bond donors (Lipinski definition) is 0. The van der Waals surface area contributed by atoms with Gasteiger partial charge in [0.25, 0.3) is 0 Å². The van der Waals surface area contributed by atoms with E-state index in [1.54, 1.807) is 35.5 Å². The third-order valence-electron chi connectivity index (χ3n) is 10.6. The van der Waals surface area contributed by atoms with Gasteiger partial charge < -0.3 is 33.3 Å². The summed E-state index contributed by atoms with van der Waals surface area (Å²) >= 11 is 0. The third kappa shape index (κ3) is 6.55. The Morgan fingerprint density at radius 1 is 0.745 bits per heavy atom. The molecule has 3 aliphatic rings. The molecule has 0 saturated carbocycles. The maximum atomic E-state index is 13.9. The fourth-order valence-corrected chi connectivity index (χ4v) is 7.99. The number of fused-ring (bicyclic) bond motifs is 4. The number of benzene rings is 3. The van der Waals surface area contributed by atoms with Crippen molar-refractivity contribution >= 4 is 6.09 Å². The fraction of sp³-hybridized carbons (Fsp3) is 0.500. The van der Waals surface area contributed by atoms with Crippen molar-refractivity contribution in [3.63, 3.8) is 0 Å². The minimum Gasteiger partial charge on any atom is -0.497 e. The van der Waals surface area contributed by atoms with Crippen molar-refractivity contribution in [3.05, 3.63) is 76.3 Å². The summed E-state index contributed by atoms with van der Waals surface area (Å²) in [4.78, 5) is 18.5. The first-order valence-electron chi connectivity index (χ1n) is 16.7. The van der Waals surface area contributed by atoms with Crippen LogP contribution in [0.5, 0.6) is 28.7 Å². The molecule has 3 aromatic rings. The minimum absolute atomic E-state index is 0.152. The number of hydrogen-bond acceptors (Lipinski definition) is 8. The second-order valence-corrected chi connectivity index (χ2v) is 12.8. The summed E-state index contributed by atoms with van der Waals surface area (Å²) in [5.74, 6) is 4.61. The number of ether oxygens (including phenoxy) is 6. The lowest BCUT2D eigenvalue weighted by molar-refractivity contribution is 0.0262. The van der Waals surface area contributed by atoms with Crippen LogP contribution in [0, 0.1) is 11.8 Å². The first-order chi connectivity index (χ1) is 22.9. The van der Waals surface area contributed by atoms with Crippen LogP contribution in [0.15, 0.2) is 48.5 Å². The molecule has 1 saturated heterocycles. The number of carbonyl (C=O) groups is 1. The van der Waals surface area contributed by atoms with Gasteiger partial charge >= 0.3 is 6.09 Å². The summed E-state index contributed by atoms with van der Waals surface area (Å²) in [7, 11) is 8.37. The molecule has 6 rings (SSSR count). The molecule has 0 radical (unpaired) electrons. The number of piperidine rings is 1. The number of rotatable bonds is 10. The largest absolute Gasteiger partial charge is 0.497 e. The summed E-state index contributed by atoms with van der Waals surface area (Å²) in [6.07, 6.45) is 4.35. The van der Waals surface area contributed by atoms with Crippen LogP contribution in [-0.2, 0) is 24.2 Å². The first-order valence-corrected chi connectivity index (χ1v) is 16.7. The molecule has 0 N–H and O–H groups in total. The monoisotopic (exact) mass is 644 g/mol. The molecular formula is C38H48N2O7. The number of methoxy groups -OCH3 is 5. The molecule has 3 heterocycles. The second kappa shape index (κ2) is 14.3. The molecule has 9 nitrogen and oxygen atoms in total. The average Bonchev–Trinajstić information content (AvgIpc) is 3.12. The molecule has 4 atom stereocenters. The van der Waals surface area contributed by atoms with Gasteiger partial charge in [-0.3, -0.25) is 4.90 Å². The van der Waals surface area contributed by atoms with Crippen molar-refractivity contribution in [2.45, 2.75) is 57.7 Å². The highest BCUT2D eigenvalue weighted by Gasteiger charge is 2.42. The van der Waals surface area contributed by atoms with E-state index in [0.29, 0.717) is 29.9 Å². The smallest absolute Gasteiger partial charge is 0.410 e. The summed E-state index contributed by atoms with van der Waals surface area (Å²) < 4.78 is 34.0. The van der Waals surface area contributed by atoms with Gasteiger partial charge in [-0.05, 0) is 102 Å². The van der Waals surface area contributed by atoms with E-state index < -0.39 is 0 Å². The van der Waals surface area contributed by atoms with E-state index in [1.807, 2.05) is 29.2 Å². The van der Waals surface area contributed by atoms with Gasteiger partial charge in [0.05, 0.1) is 41.6 Å². The number of carbonyl (C=O) groups excluding carboxylic acids is 1. The molecule has 0 spiro atoms. The van der Waals surface area contributed by atoms with Crippen LogP contribution < -0.4 is 23.7 Å². The first kappa shape index (κ1) is 32.8. The highest BCUT2D eigenvalue weighted by atomic mass is 16.6. The maximum absolute atomic E-state index is 13.9. The van der Waals surface area contributed by atoms with Crippen LogP contribution in [0.1, 0.15) is 66.1 Å². The van der Waals surface area contributed by atoms with Gasteiger partial charge in [0.15, 0.2) is 23.0 Å². The maximum Gasteiger partial charge on any atom is 0.410 e. The lowest BCUT2D eigenvalue weighted by Gasteiger charge is -2.49. The van der Waals surface area contributed by atoms with Gasteiger partial charge in [0.1, 0.15) is 12.4 Å². The quantitative estimate of drug-likeness (QED) is 0.234. The SMILES string of the molecule is CCC1CN2CCc3cc(OC)c(OC)cc3C2CC1CC1c2cc(OC)c(OC)cc2CCN1C(=O)OCc1ccc(OC)cc1. The summed E-state index contributed by atoms with van der Waals surface area (Å²) in [6, 6.07) is 16.3. The average molecular weight is 645 g/mol. The predicted octanol–water partition coefficient (Wildman–Crippen LogP) is 7.00. The van der Waals surface area contributed by atoms with Gasteiger partial charge in [-0.15, -0.1) is 0 Å². The Morgan fingerprint density at radius 2 is 1.34 bits per heavy atom. The van der Waals surface area contributed by atoms with Crippen molar-refractivity contribution < 1.29 is 33.2 Å². The van der Waals surface area contributed by atoms with E-state index in [0.717, 1.165) is 73.6 Å². The third-order valence-corrected chi connectivity index (χ3v) is 10.6. The molecule has 9 heteroatoms. The Kier molecular flexibility index (Phi) is 10.0. The molecule has 0 aromatic heterocycles. The molecule has 3 aliphatic heterocycles. The van der Waals surface area contributed by atoms with Crippen molar-refractivity contribution in [2.75, 3.05) is 55.2 Å². The van der Waals surface area contributed by atoms with E-state index in [4.69, 9.17) is 28.4 Å². The van der Waals surface area contributed by atoms with Crippen molar-refractivity contribution in [3.8, 4) is 28.7 Å². The van der Waals surface area contributed by atoms with Crippen LogP contribution in [0.4, 0.5) is 4.79 Å². The zero-order valence-corrected chi connectivity index (χ0v) is 28.5. The van der Waals surface area contributed by atoms with Crippen LogP contribution >= 0.6 is 0 Å². The van der Waals surface area contributed by atoms with Gasteiger partial charge in [-0.25, -0.2) is 4.79 Å². The van der Waals surface area contributed by atoms with Gasteiger partial charge in [-0.2, -0.15) is 0 Å². The molecule has 0 bridgehead atoms. The van der Waals surface area contributed by atoms with Crippen molar-refractivity contribution in [1.82, 2.24) is 9.80 Å². The van der Waals surface area contributed by atoms with E-state index in [1.165, 1.54) is 16.7 Å². The van der Waals surface area contributed by atoms with Gasteiger partial charge in [-0.1, -0.05) is 25.5 Å². The van der Waals surface area contributed by atoms with E-state index in [9.17, 15) is 4.79 Å². The molecule has 4 unspecified atom stereocenters. The molecule has 1 amide bonds. The fourth-order valence-electron chi connectivity index (χ4n) is 7.99. The van der Waals surface area contributed by atoms with E-state index in [2.05, 4.69) is 36.1 Å². The molecule has 0 aliphatic carbocycles. The summed E-state index contributed by atoms with van der Waals surface area (Å²) in [5.41, 5.74) is 5.89. The highest BCUT2D eigenvalue weighted by Crippen LogP contribution is 2.49. The van der Waals surface area contributed by atoms with Crippen molar-refractivity contribution in [1.29, 1.82) is 0 Å². The molecule has 1 fully saturated rings. The zero-order valence-electron chi connectivity index (χ0n) is 28.5. The Hall–Kier alpha value is -4.11. The Labute approximate surface area is 278 Å². The Balaban J connectivity index is 1.31. The van der Waals surface area contributed by atoms with Crippen LogP contribution in [0.2, 0.25) is 0 Å². The highest BCUT2D eigenvalue weighted by molar-refractivity contribution is 5.69. The lowest BCUT2D eigenvalue weighted by Crippen LogP contribution is -2.47. The molecule has 252 valence electrons. The van der Waals surface area contributed by atoms with Gasteiger partial charge in [0.2, 0.25) is 0 Å². The molecular weight excluding hydrogens is 596 g/mol. The standard InChI is InChI=1S/C38H48N2O7/c1-7-25-22-39-14-12-26-18-34(43-3)36(45-5)20-30(26)32(39)16-28(25)17-33-31-21-37(46-6)35(44-4)19-27(31)13-15-40(33)38(41)47-23-24-8-10-29(42-2)11-9-24/h8-11,18-21,25,28,32-33H,7,12-17,22-23H2,1-6H3. The van der Waals surface area contributed by atoms with Crippen LogP contribution in [0.25, 0.3) is 0 Å². The number of nitrogens with zero attached hydrogens (tertiary/aromatic N) is 2. The van der Waals surface area contributed by atoms with E-state index in [-0.39, 0.29) is 24.8 Å². The van der Waals surface area contributed by atoms with Crippen LogP contribution in [0.3, 0.4) is 0 Å². The topological polar surface area (TPSA) is 78.9 Å². The lowest BCUT2D eigenvalue weighted by atomic mass is 9.72. The summed E-state index contributed by atoms with van der Waals surface area (Å²) in [6.45, 7) is 5.14. The number of amides is 1. The Bertz CT molecular complexity index is 1560. The van der Waals surface area contributed by atoms with Crippen LogP contribution in [-0.4, -0.2) is 71.1 Å². The predicted molar refractivity (Wildman–Crippen MR) is 180 cm³/mol. The normalized spacial score (nSPS) is 22.0. The second-order valence-electron chi connectivity index (χ2n) is 12.8. The molecule has 3 aromatic carbocycles.